The fraction of sp³-hybridized carbons (Fsp3) is 0.667. The van der Waals surface area contributed by atoms with E-state index in [0.717, 1.165) is 6.54 Å². The van der Waals surface area contributed by atoms with Crippen molar-refractivity contribution in [3.8, 4) is 0 Å². The van der Waals surface area contributed by atoms with Gasteiger partial charge in [0.1, 0.15) is 0 Å². The molecular formula is C9H16N4. The van der Waals surface area contributed by atoms with E-state index in [-0.39, 0.29) is 0 Å². The summed E-state index contributed by atoms with van der Waals surface area (Å²) in [6.07, 6.45) is 4.52. The lowest BCUT2D eigenvalue weighted by atomic mass is 10.4. The molecule has 72 valence electrons. The van der Waals surface area contributed by atoms with Crippen molar-refractivity contribution < 1.29 is 0 Å². The van der Waals surface area contributed by atoms with Crippen LogP contribution in [0.5, 0.6) is 0 Å². The molecule has 4 heteroatoms. The summed E-state index contributed by atoms with van der Waals surface area (Å²) in [6.45, 7) is 3.41. The average molecular weight is 180 g/mol. The van der Waals surface area contributed by atoms with Crippen LogP contribution in [0, 0.1) is 0 Å². The number of nitrogen functional groups attached to an aromatic ring is 1. The van der Waals surface area contributed by atoms with Crippen LogP contribution in [0.25, 0.3) is 0 Å². The Hall–Kier alpha value is -1.03. The number of aromatic nitrogens is 2. The molecule has 0 saturated carbocycles. The van der Waals surface area contributed by atoms with Crippen molar-refractivity contribution in [2.24, 2.45) is 7.05 Å². The first-order valence-electron chi connectivity index (χ1n) is 4.76. The smallest absolute Gasteiger partial charge is 0.200 e. The standard InChI is InChI=1S/C9H16N4/c1-12-8(6-11-9(12)10)7-13-4-2-3-5-13/h6H,2-5,7H2,1H3,(H2,10,11). The molecule has 0 spiro atoms. The molecule has 2 rings (SSSR count). The maximum Gasteiger partial charge on any atom is 0.200 e. The van der Waals surface area contributed by atoms with Gasteiger partial charge in [-0.3, -0.25) is 4.90 Å². The molecule has 4 nitrogen and oxygen atoms in total. The maximum atomic E-state index is 5.65. The largest absolute Gasteiger partial charge is 0.369 e. The minimum absolute atomic E-state index is 0.606. The Kier molecular flexibility index (Phi) is 2.22. The lowest BCUT2D eigenvalue weighted by molar-refractivity contribution is 0.323. The summed E-state index contributed by atoms with van der Waals surface area (Å²) >= 11 is 0. The second-order valence-electron chi connectivity index (χ2n) is 3.65. The van der Waals surface area contributed by atoms with Crippen LogP contribution in [-0.4, -0.2) is 27.5 Å². The molecule has 2 heterocycles. The zero-order valence-corrected chi connectivity index (χ0v) is 8.03. The van der Waals surface area contributed by atoms with E-state index in [1.54, 1.807) is 0 Å². The van der Waals surface area contributed by atoms with Gasteiger partial charge < -0.3 is 10.3 Å². The third kappa shape index (κ3) is 1.67. The summed E-state index contributed by atoms with van der Waals surface area (Å²) in [6, 6.07) is 0. The van der Waals surface area contributed by atoms with Gasteiger partial charge in [0.2, 0.25) is 0 Å². The summed E-state index contributed by atoms with van der Waals surface area (Å²) < 4.78 is 1.96. The Labute approximate surface area is 78.4 Å². The number of rotatable bonds is 2. The maximum absolute atomic E-state index is 5.65. The molecule has 0 atom stereocenters. The minimum atomic E-state index is 0.606. The van der Waals surface area contributed by atoms with Gasteiger partial charge in [-0.1, -0.05) is 0 Å². The number of likely N-dealkylation sites (tertiary alicyclic amines) is 1. The topological polar surface area (TPSA) is 47.1 Å². The van der Waals surface area contributed by atoms with Crippen LogP contribution in [0.1, 0.15) is 18.5 Å². The molecule has 0 radical (unpaired) electrons. The Balaban J connectivity index is 2.04. The summed E-state index contributed by atoms with van der Waals surface area (Å²) in [5.41, 5.74) is 6.86. The quantitative estimate of drug-likeness (QED) is 0.725. The fourth-order valence-corrected chi connectivity index (χ4v) is 1.78. The van der Waals surface area contributed by atoms with Gasteiger partial charge in [0.15, 0.2) is 5.95 Å². The predicted octanol–water partition coefficient (Wildman–Crippen LogP) is 0.598. The van der Waals surface area contributed by atoms with Gasteiger partial charge in [-0.25, -0.2) is 4.98 Å². The van der Waals surface area contributed by atoms with Gasteiger partial charge in [-0.2, -0.15) is 0 Å². The fourth-order valence-electron chi connectivity index (χ4n) is 1.78. The minimum Gasteiger partial charge on any atom is -0.369 e. The number of nitrogens with two attached hydrogens (primary N) is 1. The van der Waals surface area contributed by atoms with E-state index >= 15 is 0 Å². The number of nitrogens with zero attached hydrogens (tertiary/aromatic N) is 3. The molecule has 13 heavy (non-hydrogen) atoms. The van der Waals surface area contributed by atoms with Crippen molar-refractivity contribution in [2.75, 3.05) is 18.8 Å². The van der Waals surface area contributed by atoms with E-state index in [4.69, 9.17) is 5.73 Å². The van der Waals surface area contributed by atoms with Gasteiger partial charge in [0.05, 0.1) is 11.9 Å². The highest BCUT2D eigenvalue weighted by Gasteiger charge is 2.13. The number of hydrogen-bond donors (Lipinski definition) is 1. The lowest BCUT2D eigenvalue weighted by Crippen LogP contribution is -2.20. The monoisotopic (exact) mass is 180 g/mol. The summed E-state index contributed by atoms with van der Waals surface area (Å²) in [5, 5.41) is 0. The van der Waals surface area contributed by atoms with Crippen LogP contribution < -0.4 is 5.73 Å². The Bertz CT molecular complexity index is 286. The Morgan fingerprint density at radius 2 is 2.15 bits per heavy atom. The molecule has 0 aromatic carbocycles. The van der Waals surface area contributed by atoms with Gasteiger partial charge >= 0.3 is 0 Å². The van der Waals surface area contributed by atoms with Crippen LogP contribution in [0.15, 0.2) is 6.20 Å². The van der Waals surface area contributed by atoms with Crippen molar-refractivity contribution >= 4 is 5.95 Å². The van der Waals surface area contributed by atoms with Crippen LogP contribution >= 0.6 is 0 Å². The predicted molar refractivity (Wildman–Crippen MR) is 52.1 cm³/mol. The van der Waals surface area contributed by atoms with Crippen LogP contribution in [0.2, 0.25) is 0 Å². The molecule has 0 aliphatic carbocycles. The molecule has 1 fully saturated rings. The van der Waals surface area contributed by atoms with E-state index in [2.05, 4.69) is 9.88 Å². The summed E-state index contributed by atoms with van der Waals surface area (Å²) in [5.74, 6) is 0.606. The summed E-state index contributed by atoms with van der Waals surface area (Å²) in [7, 11) is 1.97. The van der Waals surface area contributed by atoms with Crippen molar-refractivity contribution in [3.05, 3.63) is 11.9 Å². The highest BCUT2D eigenvalue weighted by Crippen LogP contribution is 2.13. The average Bonchev–Trinajstić information content (AvgIpc) is 2.71. The number of anilines is 1. The van der Waals surface area contributed by atoms with Crippen LogP contribution in [0.4, 0.5) is 5.95 Å². The SMILES string of the molecule is Cn1c(CN2CCCC2)cnc1N. The molecule has 0 amide bonds. The Morgan fingerprint density at radius 3 is 2.69 bits per heavy atom. The zero-order chi connectivity index (χ0) is 9.26. The van der Waals surface area contributed by atoms with E-state index in [1.165, 1.54) is 31.6 Å². The van der Waals surface area contributed by atoms with Gasteiger partial charge in [-0.05, 0) is 25.9 Å². The lowest BCUT2D eigenvalue weighted by Gasteiger charge is -2.14. The molecule has 1 aromatic rings. The third-order valence-corrected chi connectivity index (χ3v) is 2.70. The Morgan fingerprint density at radius 1 is 1.46 bits per heavy atom. The third-order valence-electron chi connectivity index (χ3n) is 2.70. The molecular weight excluding hydrogens is 164 g/mol. The number of hydrogen-bond acceptors (Lipinski definition) is 3. The second-order valence-corrected chi connectivity index (χ2v) is 3.65. The number of imidazole rings is 1. The molecule has 1 saturated heterocycles. The molecule has 1 aliphatic heterocycles. The highest BCUT2D eigenvalue weighted by atomic mass is 15.2. The molecule has 2 N–H and O–H groups in total. The summed E-state index contributed by atoms with van der Waals surface area (Å²) in [4.78, 5) is 6.51. The second kappa shape index (κ2) is 3.38. The first kappa shape index (κ1) is 8.56. The first-order chi connectivity index (χ1) is 6.27. The van der Waals surface area contributed by atoms with Crippen LogP contribution in [-0.2, 0) is 13.6 Å². The van der Waals surface area contributed by atoms with Gasteiger partial charge in [-0.15, -0.1) is 0 Å². The van der Waals surface area contributed by atoms with E-state index < -0.39 is 0 Å². The van der Waals surface area contributed by atoms with Crippen molar-refractivity contribution in [1.82, 2.24) is 14.5 Å². The molecule has 1 aliphatic rings. The van der Waals surface area contributed by atoms with Gasteiger partial charge in [0.25, 0.3) is 0 Å². The first-order valence-corrected chi connectivity index (χ1v) is 4.76. The van der Waals surface area contributed by atoms with Crippen molar-refractivity contribution in [2.45, 2.75) is 19.4 Å². The molecule has 1 aromatic heterocycles. The highest BCUT2D eigenvalue weighted by molar-refractivity contribution is 5.21. The van der Waals surface area contributed by atoms with Gasteiger partial charge in [0, 0.05) is 13.6 Å². The van der Waals surface area contributed by atoms with Crippen LogP contribution in [0.3, 0.4) is 0 Å². The van der Waals surface area contributed by atoms with E-state index in [0.29, 0.717) is 5.95 Å². The molecule has 0 unspecified atom stereocenters. The van der Waals surface area contributed by atoms with E-state index in [1.807, 2.05) is 17.8 Å². The molecule has 0 bridgehead atoms. The zero-order valence-electron chi connectivity index (χ0n) is 8.03. The van der Waals surface area contributed by atoms with Crippen molar-refractivity contribution in [1.29, 1.82) is 0 Å². The normalized spacial score (nSPS) is 18.2. The van der Waals surface area contributed by atoms with E-state index in [9.17, 15) is 0 Å². The van der Waals surface area contributed by atoms with Crippen molar-refractivity contribution in [3.63, 3.8) is 0 Å².